The van der Waals surface area contributed by atoms with E-state index >= 15 is 0 Å². The zero-order valence-electron chi connectivity index (χ0n) is 14.3. The van der Waals surface area contributed by atoms with Crippen LogP contribution in [0.1, 0.15) is 24.1 Å². The third kappa shape index (κ3) is 4.02. The van der Waals surface area contributed by atoms with Crippen molar-refractivity contribution in [2.24, 2.45) is 5.92 Å². The van der Waals surface area contributed by atoms with Gasteiger partial charge in [0.05, 0.1) is 11.2 Å². The molecule has 1 N–H and O–H groups in total. The van der Waals surface area contributed by atoms with Gasteiger partial charge in [0.25, 0.3) is 0 Å². The summed E-state index contributed by atoms with van der Waals surface area (Å²) in [6.45, 7) is 4.38. The zero-order chi connectivity index (χ0) is 17.1. The molecule has 2 unspecified atom stereocenters. The van der Waals surface area contributed by atoms with Crippen molar-refractivity contribution in [3.05, 3.63) is 52.5 Å². The fourth-order valence-corrected chi connectivity index (χ4v) is 4.53. The van der Waals surface area contributed by atoms with Gasteiger partial charge in [-0.25, -0.2) is 9.78 Å². The van der Waals surface area contributed by atoms with E-state index in [1.54, 1.807) is 11.3 Å². The van der Waals surface area contributed by atoms with E-state index in [-0.39, 0.29) is 6.03 Å². The van der Waals surface area contributed by atoms with Gasteiger partial charge in [-0.2, -0.15) is 0 Å². The Hall–Kier alpha value is -1.92. The number of thiazole rings is 1. The summed E-state index contributed by atoms with van der Waals surface area (Å²) in [5.41, 5.74) is 4.18. The lowest BCUT2D eigenvalue weighted by Crippen LogP contribution is -2.51. The molecule has 1 aromatic heterocycles. The molecule has 25 heavy (non-hydrogen) atoms. The molecule has 2 aromatic rings. The van der Waals surface area contributed by atoms with E-state index in [0.717, 1.165) is 43.9 Å². The first kappa shape index (κ1) is 16.5. The lowest BCUT2D eigenvalue weighted by molar-refractivity contribution is 0.140. The van der Waals surface area contributed by atoms with Gasteiger partial charge in [0.2, 0.25) is 0 Å². The molecule has 3 aliphatic rings. The Morgan fingerprint density at radius 1 is 1.20 bits per heavy atom. The second-order valence-corrected chi connectivity index (χ2v) is 7.79. The molecule has 5 rings (SSSR count). The van der Waals surface area contributed by atoms with E-state index in [1.807, 2.05) is 35.8 Å². The van der Waals surface area contributed by atoms with Crippen LogP contribution in [-0.2, 0) is 13.1 Å². The molecule has 3 aliphatic heterocycles. The van der Waals surface area contributed by atoms with Crippen molar-refractivity contribution in [1.82, 2.24) is 20.1 Å². The fourth-order valence-electron chi connectivity index (χ4n) is 3.98. The summed E-state index contributed by atoms with van der Waals surface area (Å²) in [5.74, 6) is 0.569. The highest BCUT2D eigenvalue weighted by molar-refractivity contribution is 7.07. The quantitative estimate of drug-likeness (QED) is 0.916. The molecule has 132 valence electrons. The molecule has 0 radical (unpaired) electrons. The van der Waals surface area contributed by atoms with Crippen LogP contribution in [0.3, 0.4) is 0 Å². The number of hydrogen-bond donors (Lipinski definition) is 1. The number of piperidine rings is 1. The summed E-state index contributed by atoms with van der Waals surface area (Å²) in [6.07, 6.45) is 2.33. The monoisotopic (exact) mass is 356 g/mol. The average molecular weight is 356 g/mol. The van der Waals surface area contributed by atoms with Crippen LogP contribution in [0.2, 0.25) is 0 Å². The highest BCUT2D eigenvalue weighted by atomic mass is 32.1. The Morgan fingerprint density at radius 2 is 2.08 bits per heavy atom. The molecule has 2 atom stereocenters. The maximum atomic E-state index is 12.7. The molecule has 0 aliphatic carbocycles. The predicted octanol–water partition coefficient (Wildman–Crippen LogP) is 2.95. The van der Waals surface area contributed by atoms with Crippen molar-refractivity contribution < 1.29 is 4.79 Å². The van der Waals surface area contributed by atoms with Crippen LogP contribution in [0, 0.1) is 5.92 Å². The Kier molecular flexibility index (Phi) is 4.99. The standard InChI is InChI=1S/C19H24N4OS/c24-19(20-8-15-4-2-1-3-5-15)23-10-16-6-7-18(23)12-22(9-16)11-17-13-25-14-21-17/h1-5,13-14,16,18H,6-12H2,(H,20,24). The number of amides is 2. The van der Waals surface area contributed by atoms with Gasteiger partial charge in [0.15, 0.2) is 0 Å². The maximum Gasteiger partial charge on any atom is 0.317 e. The minimum Gasteiger partial charge on any atom is -0.334 e. The molecule has 5 nitrogen and oxygen atoms in total. The SMILES string of the molecule is O=C(NCc1ccccc1)N1CC2CCC1CN(Cc1cscn1)C2. The van der Waals surface area contributed by atoms with Crippen molar-refractivity contribution in [2.75, 3.05) is 19.6 Å². The van der Waals surface area contributed by atoms with Crippen molar-refractivity contribution in [3.63, 3.8) is 0 Å². The van der Waals surface area contributed by atoms with Crippen molar-refractivity contribution >= 4 is 17.4 Å². The van der Waals surface area contributed by atoms with Crippen molar-refractivity contribution in [3.8, 4) is 0 Å². The number of carbonyl (C=O) groups is 1. The van der Waals surface area contributed by atoms with Gasteiger partial charge >= 0.3 is 6.03 Å². The normalized spacial score (nSPS) is 23.4. The van der Waals surface area contributed by atoms with Crippen molar-refractivity contribution in [2.45, 2.75) is 32.0 Å². The van der Waals surface area contributed by atoms with E-state index in [9.17, 15) is 4.79 Å². The van der Waals surface area contributed by atoms with Crippen LogP contribution in [0.5, 0.6) is 0 Å². The second-order valence-electron chi connectivity index (χ2n) is 7.07. The molecule has 2 amide bonds. The summed E-state index contributed by atoms with van der Waals surface area (Å²) in [7, 11) is 0. The van der Waals surface area contributed by atoms with E-state index in [4.69, 9.17) is 0 Å². The van der Waals surface area contributed by atoms with Crippen LogP contribution < -0.4 is 5.32 Å². The zero-order valence-corrected chi connectivity index (χ0v) is 15.1. The first-order chi connectivity index (χ1) is 12.3. The smallest absolute Gasteiger partial charge is 0.317 e. The van der Waals surface area contributed by atoms with E-state index < -0.39 is 0 Å². The molecule has 4 heterocycles. The molecule has 2 bridgehead atoms. The lowest BCUT2D eigenvalue weighted by atomic mass is 9.95. The van der Waals surface area contributed by atoms with Crippen LogP contribution in [0.25, 0.3) is 0 Å². The van der Waals surface area contributed by atoms with Gasteiger partial charge in [0, 0.05) is 44.1 Å². The summed E-state index contributed by atoms with van der Waals surface area (Å²) in [6, 6.07) is 10.5. The number of hydrogen-bond acceptors (Lipinski definition) is 4. The van der Waals surface area contributed by atoms with E-state index in [1.165, 1.54) is 6.42 Å². The molecular weight excluding hydrogens is 332 g/mol. The fraction of sp³-hybridized carbons (Fsp3) is 0.474. The van der Waals surface area contributed by atoms with E-state index in [0.29, 0.717) is 18.5 Å². The Bertz CT molecular complexity index is 691. The lowest BCUT2D eigenvalue weighted by Gasteiger charge is -2.36. The first-order valence-electron chi connectivity index (χ1n) is 8.96. The van der Waals surface area contributed by atoms with Crippen molar-refractivity contribution in [1.29, 1.82) is 0 Å². The average Bonchev–Trinajstić information content (AvgIpc) is 2.99. The first-order valence-corrected chi connectivity index (χ1v) is 9.90. The molecular formula is C19H24N4OS. The Balaban J connectivity index is 1.37. The summed E-state index contributed by atoms with van der Waals surface area (Å²) in [4.78, 5) is 21.7. The van der Waals surface area contributed by atoms with E-state index in [2.05, 4.69) is 25.5 Å². The molecule has 6 heteroatoms. The number of fused-ring (bicyclic) bond motifs is 4. The van der Waals surface area contributed by atoms with Crippen LogP contribution >= 0.6 is 11.3 Å². The number of nitrogens with one attached hydrogen (secondary N) is 1. The van der Waals surface area contributed by atoms with Crippen LogP contribution in [-0.4, -0.2) is 46.5 Å². The Labute approximate surface area is 152 Å². The number of carbonyl (C=O) groups excluding carboxylic acids is 1. The molecule has 3 saturated heterocycles. The number of nitrogens with zero attached hydrogens (tertiary/aromatic N) is 3. The largest absolute Gasteiger partial charge is 0.334 e. The summed E-state index contributed by atoms with van der Waals surface area (Å²) < 4.78 is 0. The Morgan fingerprint density at radius 3 is 2.88 bits per heavy atom. The number of benzene rings is 1. The van der Waals surface area contributed by atoms with Gasteiger partial charge in [-0.15, -0.1) is 11.3 Å². The minimum absolute atomic E-state index is 0.0778. The number of aromatic nitrogens is 1. The van der Waals surface area contributed by atoms with Gasteiger partial charge in [0.1, 0.15) is 0 Å². The number of urea groups is 1. The van der Waals surface area contributed by atoms with Crippen LogP contribution in [0.4, 0.5) is 4.79 Å². The molecule has 0 spiro atoms. The number of rotatable bonds is 4. The topological polar surface area (TPSA) is 48.5 Å². The second kappa shape index (κ2) is 7.54. The summed E-state index contributed by atoms with van der Waals surface area (Å²) >= 11 is 1.65. The molecule has 1 aromatic carbocycles. The van der Waals surface area contributed by atoms with Crippen LogP contribution in [0.15, 0.2) is 41.2 Å². The van der Waals surface area contributed by atoms with Gasteiger partial charge in [-0.05, 0) is 24.3 Å². The molecule has 0 saturated carbocycles. The highest BCUT2D eigenvalue weighted by Gasteiger charge is 2.37. The minimum atomic E-state index is 0.0778. The highest BCUT2D eigenvalue weighted by Crippen LogP contribution is 2.28. The predicted molar refractivity (Wildman–Crippen MR) is 99.3 cm³/mol. The van der Waals surface area contributed by atoms with Gasteiger partial charge < -0.3 is 10.2 Å². The van der Waals surface area contributed by atoms with Gasteiger partial charge in [-0.1, -0.05) is 30.3 Å². The third-order valence-electron chi connectivity index (χ3n) is 5.21. The third-order valence-corrected chi connectivity index (χ3v) is 5.84. The summed E-state index contributed by atoms with van der Waals surface area (Å²) in [5, 5.41) is 5.22. The van der Waals surface area contributed by atoms with Gasteiger partial charge in [-0.3, -0.25) is 4.90 Å². The maximum absolute atomic E-state index is 12.7. The molecule has 3 fully saturated rings.